The number of hydrogen-bond donors (Lipinski definition) is 2. The van der Waals surface area contributed by atoms with Crippen LogP contribution in [0.2, 0.25) is 0 Å². The fraction of sp³-hybridized carbons (Fsp3) is 0.238. The average Bonchev–Trinajstić information content (AvgIpc) is 2.90. The minimum absolute atomic E-state index is 0.0305. The predicted molar refractivity (Wildman–Crippen MR) is 101 cm³/mol. The van der Waals surface area contributed by atoms with Gasteiger partial charge in [0.2, 0.25) is 5.91 Å². The van der Waals surface area contributed by atoms with Crippen LogP contribution in [0.5, 0.6) is 5.75 Å². The summed E-state index contributed by atoms with van der Waals surface area (Å²) in [6.45, 7) is 4.98. The van der Waals surface area contributed by atoms with Gasteiger partial charge in [0.15, 0.2) is 17.4 Å². The van der Waals surface area contributed by atoms with Gasteiger partial charge in [-0.2, -0.15) is 0 Å². The minimum atomic E-state index is -1.26. The van der Waals surface area contributed by atoms with Gasteiger partial charge >= 0.3 is 0 Å². The lowest BCUT2D eigenvalue weighted by atomic mass is 10.1. The molecule has 3 rings (SSSR count). The number of fused-ring (bicyclic) bond motifs is 1. The fourth-order valence-corrected chi connectivity index (χ4v) is 3.32. The zero-order valence-electron chi connectivity index (χ0n) is 16.0. The van der Waals surface area contributed by atoms with Crippen LogP contribution in [-0.4, -0.2) is 27.5 Å². The van der Waals surface area contributed by atoms with Crippen molar-refractivity contribution in [2.45, 2.75) is 33.2 Å². The monoisotopic (exact) mass is 404 g/mol. The molecule has 0 saturated heterocycles. The van der Waals surface area contributed by atoms with Crippen LogP contribution in [0, 0.1) is 24.4 Å². The van der Waals surface area contributed by atoms with E-state index in [1.807, 2.05) is 0 Å². The Hall–Kier alpha value is -3.29. The molecule has 8 heteroatoms. The van der Waals surface area contributed by atoms with E-state index in [4.69, 9.17) is 0 Å². The highest BCUT2D eigenvalue weighted by atomic mass is 19.1. The largest absolute Gasteiger partial charge is 0.503 e. The van der Waals surface area contributed by atoms with Gasteiger partial charge in [-0.15, -0.1) is 0 Å². The molecule has 0 radical (unpaired) electrons. The molecule has 0 aliphatic carbocycles. The van der Waals surface area contributed by atoms with Crippen LogP contribution in [0.15, 0.2) is 30.3 Å². The van der Waals surface area contributed by atoms with E-state index in [9.17, 15) is 27.9 Å². The van der Waals surface area contributed by atoms with Gasteiger partial charge in [-0.1, -0.05) is 6.07 Å². The number of carbonyl (C=O) groups is 2. The molecule has 0 atom stereocenters. The first-order valence-corrected chi connectivity index (χ1v) is 8.92. The molecule has 2 N–H and O–H groups in total. The topological polar surface area (TPSA) is 71.3 Å². The number of phenolic OH excluding ortho intramolecular Hbond substituents is 1. The van der Waals surface area contributed by atoms with Gasteiger partial charge in [-0.3, -0.25) is 14.2 Å². The van der Waals surface area contributed by atoms with E-state index in [-0.39, 0.29) is 40.2 Å². The molecule has 0 bridgehead atoms. The molecule has 1 heterocycles. The van der Waals surface area contributed by atoms with Crippen molar-refractivity contribution in [3.05, 3.63) is 64.6 Å². The summed E-state index contributed by atoms with van der Waals surface area (Å²) in [4.78, 5) is 25.3. The number of phenols is 1. The van der Waals surface area contributed by atoms with E-state index in [2.05, 4.69) is 5.32 Å². The number of nitrogens with zero attached hydrogens (tertiary/aromatic N) is 1. The van der Waals surface area contributed by atoms with Gasteiger partial charge < -0.3 is 10.4 Å². The number of halogens is 3. The SMILES string of the molecule is Cc1c(CC(=O)NC(C)C)c2c(F)c(O)c(F)cc2n1C(=O)c1cccc(F)c1. The zero-order chi connectivity index (χ0) is 21.5. The predicted octanol–water partition coefficient (Wildman–Crippen LogP) is 3.83. The summed E-state index contributed by atoms with van der Waals surface area (Å²) in [6.07, 6.45) is -0.286. The maximum atomic E-state index is 14.7. The van der Waals surface area contributed by atoms with Gasteiger partial charge in [0.25, 0.3) is 5.91 Å². The van der Waals surface area contributed by atoms with Crippen molar-refractivity contribution in [1.29, 1.82) is 0 Å². The van der Waals surface area contributed by atoms with Crippen molar-refractivity contribution >= 4 is 22.7 Å². The smallest absolute Gasteiger partial charge is 0.262 e. The van der Waals surface area contributed by atoms with Gasteiger partial charge in [-0.05, 0) is 44.5 Å². The number of nitrogens with one attached hydrogen (secondary N) is 1. The molecule has 1 aromatic heterocycles. The Labute approximate surface area is 164 Å². The fourth-order valence-electron chi connectivity index (χ4n) is 3.32. The summed E-state index contributed by atoms with van der Waals surface area (Å²) < 4.78 is 43.4. The highest BCUT2D eigenvalue weighted by Crippen LogP contribution is 2.35. The van der Waals surface area contributed by atoms with Crippen LogP contribution in [-0.2, 0) is 11.2 Å². The summed E-state index contributed by atoms with van der Waals surface area (Å²) in [7, 11) is 0. The summed E-state index contributed by atoms with van der Waals surface area (Å²) in [5.41, 5.74) is 0.141. The molecule has 29 heavy (non-hydrogen) atoms. The molecule has 1 amide bonds. The third-order valence-electron chi connectivity index (χ3n) is 4.55. The Morgan fingerprint density at radius 1 is 1.17 bits per heavy atom. The second-order valence-corrected chi connectivity index (χ2v) is 7.03. The first kappa shape index (κ1) is 20.4. The molecule has 3 aromatic rings. The molecule has 0 aliphatic heterocycles. The van der Waals surface area contributed by atoms with Crippen molar-refractivity contribution in [2.24, 2.45) is 0 Å². The molecule has 0 fully saturated rings. The highest BCUT2D eigenvalue weighted by Gasteiger charge is 2.27. The number of aromatic nitrogens is 1. The molecular weight excluding hydrogens is 385 g/mol. The first-order valence-electron chi connectivity index (χ1n) is 8.92. The van der Waals surface area contributed by atoms with E-state index in [0.717, 1.165) is 22.8 Å². The van der Waals surface area contributed by atoms with Gasteiger partial charge in [0.1, 0.15) is 5.82 Å². The Balaban J connectivity index is 2.26. The molecule has 0 saturated carbocycles. The zero-order valence-corrected chi connectivity index (χ0v) is 16.0. The van der Waals surface area contributed by atoms with Gasteiger partial charge in [0, 0.05) is 28.8 Å². The summed E-state index contributed by atoms with van der Waals surface area (Å²) in [6, 6.07) is 5.54. The molecular formula is C21H19F3N2O3. The molecule has 0 aliphatic rings. The normalized spacial score (nSPS) is 11.3. The number of aromatic hydroxyl groups is 1. The van der Waals surface area contributed by atoms with E-state index in [1.54, 1.807) is 13.8 Å². The number of amides is 1. The third-order valence-corrected chi connectivity index (χ3v) is 4.55. The van der Waals surface area contributed by atoms with Crippen LogP contribution in [0.25, 0.3) is 10.9 Å². The standard InChI is InChI=1S/C21H19F3N2O3/c1-10(2)25-17(27)8-14-11(3)26(21(29)12-5-4-6-13(22)7-12)16-9-15(23)20(28)19(24)18(14)16/h4-7,9-10,28H,8H2,1-3H3,(H,25,27). The molecule has 2 aromatic carbocycles. The van der Waals surface area contributed by atoms with Crippen molar-refractivity contribution in [3.63, 3.8) is 0 Å². The molecule has 0 spiro atoms. The van der Waals surface area contributed by atoms with E-state index >= 15 is 0 Å². The van der Waals surface area contributed by atoms with Gasteiger partial charge in [0.05, 0.1) is 11.9 Å². The van der Waals surface area contributed by atoms with Crippen molar-refractivity contribution in [1.82, 2.24) is 9.88 Å². The molecule has 5 nitrogen and oxygen atoms in total. The van der Waals surface area contributed by atoms with Crippen LogP contribution in [0.3, 0.4) is 0 Å². The lowest BCUT2D eigenvalue weighted by molar-refractivity contribution is -0.120. The second-order valence-electron chi connectivity index (χ2n) is 7.03. The Kier molecular flexibility index (Phi) is 5.37. The van der Waals surface area contributed by atoms with Crippen LogP contribution in [0.1, 0.15) is 35.5 Å². The van der Waals surface area contributed by atoms with E-state index in [1.165, 1.54) is 19.1 Å². The van der Waals surface area contributed by atoms with Crippen molar-refractivity contribution in [3.8, 4) is 5.75 Å². The second kappa shape index (κ2) is 7.62. The maximum Gasteiger partial charge on any atom is 0.262 e. The van der Waals surface area contributed by atoms with Crippen molar-refractivity contribution < 1.29 is 27.9 Å². The Bertz CT molecular complexity index is 1140. The van der Waals surface area contributed by atoms with Crippen LogP contribution < -0.4 is 5.32 Å². The Morgan fingerprint density at radius 2 is 1.86 bits per heavy atom. The summed E-state index contributed by atoms with van der Waals surface area (Å²) in [5, 5.41) is 12.1. The third kappa shape index (κ3) is 3.70. The van der Waals surface area contributed by atoms with Crippen LogP contribution >= 0.6 is 0 Å². The van der Waals surface area contributed by atoms with Crippen molar-refractivity contribution in [2.75, 3.05) is 0 Å². The van der Waals surface area contributed by atoms with Gasteiger partial charge in [-0.25, -0.2) is 13.2 Å². The number of benzene rings is 2. The highest BCUT2D eigenvalue weighted by molar-refractivity contribution is 6.05. The molecule has 0 unspecified atom stereocenters. The summed E-state index contributed by atoms with van der Waals surface area (Å²) in [5.74, 6) is -5.49. The quantitative estimate of drug-likeness (QED) is 0.694. The maximum absolute atomic E-state index is 14.7. The van der Waals surface area contributed by atoms with Crippen LogP contribution in [0.4, 0.5) is 13.2 Å². The van der Waals surface area contributed by atoms with E-state index < -0.39 is 35.0 Å². The lowest BCUT2D eigenvalue weighted by Gasteiger charge is -2.09. The number of hydrogen-bond acceptors (Lipinski definition) is 3. The minimum Gasteiger partial charge on any atom is -0.503 e. The first-order chi connectivity index (χ1) is 13.6. The number of rotatable bonds is 4. The lowest BCUT2D eigenvalue weighted by Crippen LogP contribution is -2.31. The van der Waals surface area contributed by atoms with E-state index in [0.29, 0.717) is 0 Å². The molecule has 152 valence electrons. The summed E-state index contributed by atoms with van der Waals surface area (Å²) >= 11 is 0. The average molecular weight is 404 g/mol. The number of carbonyl (C=O) groups excluding carboxylic acids is 2. The Morgan fingerprint density at radius 3 is 2.48 bits per heavy atom.